The predicted molar refractivity (Wildman–Crippen MR) is 64.8 cm³/mol. The van der Waals surface area contributed by atoms with Crippen molar-refractivity contribution in [3.63, 3.8) is 0 Å². The lowest BCUT2D eigenvalue weighted by Gasteiger charge is -2.36. The molecule has 1 aliphatic rings. The maximum atomic E-state index is 12.0. The summed E-state index contributed by atoms with van der Waals surface area (Å²) in [5.41, 5.74) is 5.82. The average Bonchev–Trinajstić information content (AvgIpc) is 2.29. The molecule has 1 heterocycles. The van der Waals surface area contributed by atoms with Crippen molar-refractivity contribution in [2.24, 2.45) is 5.73 Å². The van der Waals surface area contributed by atoms with E-state index in [4.69, 9.17) is 10.5 Å². The number of carbonyl (C=O) groups is 1. The summed E-state index contributed by atoms with van der Waals surface area (Å²) >= 11 is 0. The molecule has 0 bridgehead atoms. The first-order valence-corrected chi connectivity index (χ1v) is 5.84. The van der Waals surface area contributed by atoms with Crippen LogP contribution >= 0.6 is 0 Å². The zero-order valence-electron chi connectivity index (χ0n) is 9.90. The van der Waals surface area contributed by atoms with Crippen LogP contribution in [0.2, 0.25) is 0 Å². The highest BCUT2D eigenvalue weighted by Crippen LogP contribution is 2.31. The van der Waals surface area contributed by atoms with Crippen LogP contribution in [0.1, 0.15) is 26.2 Å². The highest BCUT2D eigenvalue weighted by molar-refractivity contribution is 5.99. The third kappa shape index (κ3) is 2.39. The van der Waals surface area contributed by atoms with Gasteiger partial charge in [0.1, 0.15) is 5.69 Å². The van der Waals surface area contributed by atoms with Crippen molar-refractivity contribution in [3.8, 4) is 5.88 Å². The van der Waals surface area contributed by atoms with E-state index in [2.05, 4.69) is 10.3 Å². The SMILES string of the molecule is CCOc1ncccc1NC(=O)C1(N)CCC1. The first kappa shape index (κ1) is 11.9. The van der Waals surface area contributed by atoms with Gasteiger partial charge < -0.3 is 15.8 Å². The minimum Gasteiger partial charge on any atom is -0.476 e. The van der Waals surface area contributed by atoms with Gasteiger partial charge >= 0.3 is 0 Å². The van der Waals surface area contributed by atoms with Gasteiger partial charge in [0, 0.05) is 6.20 Å². The highest BCUT2D eigenvalue weighted by atomic mass is 16.5. The van der Waals surface area contributed by atoms with Gasteiger partial charge in [-0.15, -0.1) is 0 Å². The molecular formula is C12H17N3O2. The average molecular weight is 235 g/mol. The Morgan fingerprint density at radius 2 is 2.41 bits per heavy atom. The number of nitrogens with zero attached hydrogens (tertiary/aromatic N) is 1. The molecule has 0 radical (unpaired) electrons. The van der Waals surface area contributed by atoms with Crippen LogP contribution in [0.15, 0.2) is 18.3 Å². The molecule has 1 aromatic heterocycles. The number of hydrogen-bond donors (Lipinski definition) is 2. The summed E-state index contributed by atoms with van der Waals surface area (Å²) in [5, 5.41) is 2.79. The fourth-order valence-corrected chi connectivity index (χ4v) is 1.77. The molecule has 1 saturated carbocycles. The molecule has 1 aliphatic carbocycles. The second-order valence-electron chi connectivity index (χ2n) is 4.25. The maximum absolute atomic E-state index is 12.0. The van der Waals surface area contributed by atoms with Gasteiger partial charge in [0.25, 0.3) is 0 Å². The van der Waals surface area contributed by atoms with Gasteiger partial charge in [-0.1, -0.05) is 0 Å². The van der Waals surface area contributed by atoms with Gasteiger partial charge in [0.2, 0.25) is 11.8 Å². The third-order valence-corrected chi connectivity index (χ3v) is 3.00. The molecule has 0 spiro atoms. The molecule has 17 heavy (non-hydrogen) atoms. The van der Waals surface area contributed by atoms with Crippen LogP contribution in [0.25, 0.3) is 0 Å². The summed E-state index contributed by atoms with van der Waals surface area (Å²) in [4.78, 5) is 16.0. The molecule has 0 unspecified atom stereocenters. The van der Waals surface area contributed by atoms with Crippen LogP contribution in [0.3, 0.4) is 0 Å². The molecular weight excluding hydrogens is 218 g/mol. The number of amides is 1. The Kier molecular flexibility index (Phi) is 3.28. The van der Waals surface area contributed by atoms with Gasteiger partial charge in [0.15, 0.2) is 0 Å². The molecule has 0 saturated heterocycles. The lowest BCUT2D eigenvalue weighted by molar-refractivity contribution is -0.123. The summed E-state index contributed by atoms with van der Waals surface area (Å²) in [6.45, 7) is 2.38. The van der Waals surface area contributed by atoms with Gasteiger partial charge in [0.05, 0.1) is 12.1 Å². The molecule has 0 aliphatic heterocycles. The van der Waals surface area contributed by atoms with Gasteiger partial charge in [-0.25, -0.2) is 4.98 Å². The first-order valence-electron chi connectivity index (χ1n) is 5.84. The Morgan fingerprint density at radius 1 is 1.65 bits per heavy atom. The quantitative estimate of drug-likeness (QED) is 0.824. The number of anilines is 1. The number of nitrogens with two attached hydrogens (primary N) is 1. The number of pyridine rings is 1. The van der Waals surface area contributed by atoms with Crippen LogP contribution < -0.4 is 15.8 Å². The lowest BCUT2D eigenvalue weighted by Crippen LogP contribution is -2.56. The summed E-state index contributed by atoms with van der Waals surface area (Å²) in [6, 6.07) is 3.51. The number of hydrogen-bond acceptors (Lipinski definition) is 4. The summed E-state index contributed by atoms with van der Waals surface area (Å²) in [5.74, 6) is 0.281. The molecule has 1 amide bonds. The predicted octanol–water partition coefficient (Wildman–Crippen LogP) is 1.30. The summed E-state index contributed by atoms with van der Waals surface area (Å²) in [7, 11) is 0. The second-order valence-corrected chi connectivity index (χ2v) is 4.25. The fraction of sp³-hybridized carbons (Fsp3) is 0.500. The number of ether oxygens (including phenoxy) is 1. The van der Waals surface area contributed by atoms with Crippen molar-refractivity contribution < 1.29 is 9.53 Å². The zero-order chi connectivity index (χ0) is 12.3. The minimum absolute atomic E-state index is 0.155. The van der Waals surface area contributed by atoms with E-state index in [9.17, 15) is 4.79 Å². The fourth-order valence-electron chi connectivity index (χ4n) is 1.77. The number of aromatic nitrogens is 1. The molecule has 3 N–H and O–H groups in total. The van der Waals surface area contributed by atoms with E-state index < -0.39 is 5.54 Å². The normalized spacial score (nSPS) is 17.1. The molecule has 1 aromatic rings. The molecule has 5 heteroatoms. The molecule has 1 fully saturated rings. The largest absolute Gasteiger partial charge is 0.476 e. The van der Waals surface area contributed by atoms with Gasteiger partial charge in [-0.05, 0) is 38.3 Å². The minimum atomic E-state index is -0.709. The van der Waals surface area contributed by atoms with Crippen molar-refractivity contribution in [2.45, 2.75) is 31.7 Å². The van der Waals surface area contributed by atoms with Crippen molar-refractivity contribution in [2.75, 3.05) is 11.9 Å². The van der Waals surface area contributed by atoms with Crippen LogP contribution in [-0.4, -0.2) is 23.0 Å². The third-order valence-electron chi connectivity index (χ3n) is 3.00. The van der Waals surface area contributed by atoms with Crippen LogP contribution in [0, 0.1) is 0 Å². The van der Waals surface area contributed by atoms with E-state index in [1.165, 1.54) is 0 Å². The van der Waals surface area contributed by atoms with Crippen LogP contribution in [0.5, 0.6) is 5.88 Å². The van der Waals surface area contributed by atoms with Gasteiger partial charge in [-0.3, -0.25) is 4.79 Å². The molecule has 5 nitrogen and oxygen atoms in total. The van der Waals surface area contributed by atoms with Crippen molar-refractivity contribution >= 4 is 11.6 Å². The number of carbonyl (C=O) groups excluding carboxylic acids is 1. The van der Waals surface area contributed by atoms with E-state index in [1.807, 2.05) is 6.92 Å². The molecule has 0 atom stereocenters. The Hall–Kier alpha value is -1.62. The zero-order valence-corrected chi connectivity index (χ0v) is 9.90. The maximum Gasteiger partial charge on any atom is 0.244 e. The number of nitrogens with one attached hydrogen (secondary N) is 1. The van der Waals surface area contributed by atoms with E-state index in [-0.39, 0.29) is 5.91 Å². The van der Waals surface area contributed by atoms with Crippen molar-refractivity contribution in [1.82, 2.24) is 4.98 Å². The Bertz CT molecular complexity index is 416. The molecule has 0 aromatic carbocycles. The monoisotopic (exact) mass is 235 g/mol. The van der Waals surface area contributed by atoms with Crippen LogP contribution in [0.4, 0.5) is 5.69 Å². The van der Waals surface area contributed by atoms with Gasteiger partial charge in [-0.2, -0.15) is 0 Å². The topological polar surface area (TPSA) is 77.2 Å². The first-order chi connectivity index (χ1) is 8.15. The Balaban J connectivity index is 2.10. The van der Waals surface area contributed by atoms with Crippen molar-refractivity contribution in [1.29, 1.82) is 0 Å². The molecule has 2 rings (SSSR count). The summed E-state index contributed by atoms with van der Waals surface area (Å²) < 4.78 is 5.34. The van der Waals surface area contributed by atoms with Crippen LogP contribution in [-0.2, 0) is 4.79 Å². The number of rotatable bonds is 4. The smallest absolute Gasteiger partial charge is 0.244 e. The lowest BCUT2D eigenvalue weighted by atomic mass is 9.77. The Labute approximate surface area is 100 Å². The highest BCUT2D eigenvalue weighted by Gasteiger charge is 2.40. The molecule has 92 valence electrons. The van der Waals surface area contributed by atoms with E-state index >= 15 is 0 Å². The standard InChI is InChI=1S/C12H17N3O2/c1-2-17-10-9(5-3-8-14-10)15-11(16)12(13)6-4-7-12/h3,5,8H,2,4,6-7,13H2,1H3,(H,15,16). The Morgan fingerprint density at radius 3 is 3.00 bits per heavy atom. The van der Waals surface area contributed by atoms with E-state index in [1.54, 1.807) is 18.3 Å². The van der Waals surface area contributed by atoms with Crippen molar-refractivity contribution in [3.05, 3.63) is 18.3 Å². The summed E-state index contributed by atoms with van der Waals surface area (Å²) in [6.07, 6.45) is 4.11. The second kappa shape index (κ2) is 4.71. The van der Waals surface area contributed by atoms with E-state index in [0.717, 1.165) is 19.3 Å². The van der Waals surface area contributed by atoms with E-state index in [0.29, 0.717) is 18.2 Å².